The second-order valence-electron chi connectivity index (χ2n) is 8.36. The Morgan fingerprint density at radius 1 is 1.06 bits per heavy atom. The third-order valence-corrected chi connectivity index (χ3v) is 7.10. The fourth-order valence-electron chi connectivity index (χ4n) is 4.28. The van der Waals surface area contributed by atoms with Crippen LogP contribution in [0, 0.1) is 6.92 Å². The molecule has 2 aromatic carbocycles. The zero-order chi connectivity index (χ0) is 22.0. The maximum Gasteiger partial charge on any atom is 0.234 e. The number of amides is 1. The van der Waals surface area contributed by atoms with Crippen LogP contribution in [0.5, 0.6) is 5.75 Å². The Morgan fingerprint density at radius 2 is 1.74 bits per heavy atom. The van der Waals surface area contributed by atoms with E-state index in [4.69, 9.17) is 4.74 Å². The predicted octanol–water partition coefficient (Wildman–Crippen LogP) is 5.78. The van der Waals surface area contributed by atoms with Crippen LogP contribution in [0.15, 0.2) is 54.6 Å². The number of hydrogen-bond acceptors (Lipinski definition) is 4. The van der Waals surface area contributed by atoms with Crippen molar-refractivity contribution in [3.05, 3.63) is 75.5 Å². The third kappa shape index (κ3) is 4.62. The average molecular weight is 435 g/mol. The second-order valence-corrected chi connectivity index (χ2v) is 9.70. The van der Waals surface area contributed by atoms with Gasteiger partial charge in [0.25, 0.3) is 0 Å². The number of carbonyl (C=O) groups excluding carboxylic acids is 1. The van der Waals surface area contributed by atoms with Gasteiger partial charge in [-0.2, -0.15) is 0 Å². The number of carbonyl (C=O) groups is 1. The molecule has 1 unspecified atom stereocenters. The molecule has 0 N–H and O–H groups in total. The first kappa shape index (κ1) is 21.4. The van der Waals surface area contributed by atoms with Gasteiger partial charge in [-0.25, -0.2) is 0 Å². The SMILES string of the molecule is COc1ccc(N(Cc2ccc(N(C)C)cc2)C(=O)C2CCCc3sc(C)cc32)cc1. The van der Waals surface area contributed by atoms with Crippen molar-refractivity contribution in [3.8, 4) is 5.75 Å². The Morgan fingerprint density at radius 3 is 2.39 bits per heavy atom. The molecule has 1 amide bonds. The highest BCUT2D eigenvalue weighted by atomic mass is 32.1. The Labute approximate surface area is 189 Å². The van der Waals surface area contributed by atoms with Gasteiger partial charge in [0.15, 0.2) is 0 Å². The molecule has 5 heteroatoms. The van der Waals surface area contributed by atoms with Crippen molar-refractivity contribution in [3.63, 3.8) is 0 Å². The fraction of sp³-hybridized carbons (Fsp3) is 0.346. The van der Waals surface area contributed by atoms with Gasteiger partial charge >= 0.3 is 0 Å². The largest absolute Gasteiger partial charge is 0.497 e. The van der Waals surface area contributed by atoms with Crippen LogP contribution in [0.3, 0.4) is 0 Å². The molecule has 31 heavy (non-hydrogen) atoms. The Bertz CT molecular complexity index is 1040. The monoisotopic (exact) mass is 434 g/mol. The smallest absolute Gasteiger partial charge is 0.234 e. The predicted molar refractivity (Wildman–Crippen MR) is 130 cm³/mol. The van der Waals surface area contributed by atoms with Gasteiger partial charge in [-0.05, 0) is 79.8 Å². The molecule has 1 aliphatic carbocycles. The zero-order valence-electron chi connectivity index (χ0n) is 18.7. The lowest BCUT2D eigenvalue weighted by molar-refractivity contribution is -0.120. The molecule has 1 heterocycles. The van der Waals surface area contributed by atoms with Crippen LogP contribution in [0.1, 0.15) is 39.6 Å². The van der Waals surface area contributed by atoms with E-state index in [-0.39, 0.29) is 11.8 Å². The highest BCUT2D eigenvalue weighted by Crippen LogP contribution is 2.39. The van der Waals surface area contributed by atoms with Gasteiger partial charge in [0.1, 0.15) is 5.75 Å². The van der Waals surface area contributed by atoms with E-state index in [9.17, 15) is 4.79 Å². The maximum atomic E-state index is 13.9. The number of rotatable bonds is 6. The van der Waals surface area contributed by atoms with Crippen LogP contribution in [0.4, 0.5) is 11.4 Å². The minimum absolute atomic E-state index is 0.0724. The first-order chi connectivity index (χ1) is 15.0. The van der Waals surface area contributed by atoms with Crippen molar-refractivity contribution in [2.24, 2.45) is 0 Å². The number of aryl methyl sites for hydroxylation is 2. The number of methoxy groups -OCH3 is 1. The first-order valence-corrected chi connectivity index (χ1v) is 11.6. The lowest BCUT2D eigenvalue weighted by atomic mass is 9.86. The number of nitrogens with zero attached hydrogens (tertiary/aromatic N) is 2. The summed E-state index contributed by atoms with van der Waals surface area (Å²) in [6.07, 6.45) is 3.07. The molecule has 0 radical (unpaired) electrons. The molecule has 0 spiro atoms. The molecule has 3 aromatic rings. The van der Waals surface area contributed by atoms with Crippen LogP contribution in [-0.4, -0.2) is 27.1 Å². The summed E-state index contributed by atoms with van der Waals surface area (Å²) in [5.74, 6) is 0.900. The number of anilines is 2. The van der Waals surface area contributed by atoms with Gasteiger partial charge in [0, 0.05) is 35.2 Å². The van der Waals surface area contributed by atoms with Crippen LogP contribution < -0.4 is 14.5 Å². The normalized spacial score (nSPS) is 15.3. The summed E-state index contributed by atoms with van der Waals surface area (Å²) in [6, 6.07) is 18.5. The van der Waals surface area contributed by atoms with E-state index in [1.165, 1.54) is 15.3 Å². The number of hydrogen-bond donors (Lipinski definition) is 0. The van der Waals surface area contributed by atoms with Crippen molar-refractivity contribution in [2.75, 3.05) is 31.0 Å². The average Bonchev–Trinajstić information content (AvgIpc) is 3.17. The Balaban J connectivity index is 1.67. The molecular formula is C26H30N2O2S. The lowest BCUT2D eigenvalue weighted by Gasteiger charge is -2.30. The molecule has 0 aliphatic heterocycles. The highest BCUT2D eigenvalue weighted by molar-refractivity contribution is 7.12. The molecule has 1 atom stereocenters. The quantitative estimate of drug-likeness (QED) is 0.493. The summed E-state index contributed by atoms with van der Waals surface area (Å²) in [4.78, 5) is 20.6. The molecule has 0 bridgehead atoms. The van der Waals surface area contributed by atoms with E-state index in [1.54, 1.807) is 7.11 Å². The zero-order valence-corrected chi connectivity index (χ0v) is 19.5. The highest BCUT2D eigenvalue weighted by Gasteiger charge is 2.32. The van der Waals surface area contributed by atoms with E-state index < -0.39 is 0 Å². The molecule has 0 saturated carbocycles. The van der Waals surface area contributed by atoms with Crippen molar-refractivity contribution in [1.29, 1.82) is 0 Å². The topological polar surface area (TPSA) is 32.8 Å². The van der Waals surface area contributed by atoms with Crippen molar-refractivity contribution >= 4 is 28.6 Å². The molecule has 0 fully saturated rings. The van der Waals surface area contributed by atoms with Crippen LogP contribution >= 0.6 is 11.3 Å². The summed E-state index contributed by atoms with van der Waals surface area (Å²) >= 11 is 1.84. The standard InChI is InChI=1S/C26H30N2O2S/c1-18-16-24-23(6-5-7-25(24)31-18)26(29)28(21-12-14-22(30-4)15-13-21)17-19-8-10-20(11-9-19)27(2)3/h8-16,23H,5-7,17H2,1-4H3. The first-order valence-electron chi connectivity index (χ1n) is 10.8. The molecule has 4 rings (SSSR count). The molecule has 4 nitrogen and oxygen atoms in total. The van der Waals surface area contributed by atoms with Gasteiger partial charge in [0.2, 0.25) is 5.91 Å². The minimum atomic E-state index is -0.0724. The summed E-state index contributed by atoms with van der Waals surface area (Å²) in [5, 5.41) is 0. The lowest BCUT2D eigenvalue weighted by Crippen LogP contribution is -2.36. The summed E-state index contributed by atoms with van der Waals surface area (Å²) in [6.45, 7) is 2.69. The molecule has 162 valence electrons. The number of thiophene rings is 1. The summed E-state index contributed by atoms with van der Waals surface area (Å²) in [7, 11) is 5.73. The summed E-state index contributed by atoms with van der Waals surface area (Å²) in [5.41, 5.74) is 4.41. The van der Waals surface area contributed by atoms with Gasteiger partial charge in [-0.3, -0.25) is 4.79 Å². The van der Waals surface area contributed by atoms with E-state index in [1.807, 2.05) is 54.6 Å². The van der Waals surface area contributed by atoms with Crippen LogP contribution in [-0.2, 0) is 17.8 Å². The number of ether oxygens (including phenoxy) is 1. The fourth-order valence-corrected chi connectivity index (χ4v) is 5.42. The van der Waals surface area contributed by atoms with Crippen molar-refractivity contribution in [2.45, 2.75) is 38.6 Å². The van der Waals surface area contributed by atoms with Crippen molar-refractivity contribution in [1.82, 2.24) is 0 Å². The third-order valence-electron chi connectivity index (χ3n) is 5.98. The summed E-state index contributed by atoms with van der Waals surface area (Å²) < 4.78 is 5.32. The maximum absolute atomic E-state index is 13.9. The molecule has 1 aromatic heterocycles. The molecule has 0 saturated heterocycles. The molecule has 1 aliphatic rings. The van der Waals surface area contributed by atoms with Crippen molar-refractivity contribution < 1.29 is 9.53 Å². The van der Waals surface area contributed by atoms with Crippen LogP contribution in [0.2, 0.25) is 0 Å². The van der Waals surface area contributed by atoms with E-state index in [2.05, 4.69) is 42.2 Å². The van der Waals surface area contributed by atoms with Gasteiger partial charge in [-0.15, -0.1) is 11.3 Å². The second kappa shape index (κ2) is 9.15. The van der Waals surface area contributed by atoms with Crippen LogP contribution in [0.25, 0.3) is 0 Å². The van der Waals surface area contributed by atoms with Gasteiger partial charge in [-0.1, -0.05) is 12.1 Å². The Kier molecular flexibility index (Phi) is 6.33. The molecular weight excluding hydrogens is 404 g/mol. The number of benzene rings is 2. The minimum Gasteiger partial charge on any atom is -0.497 e. The van der Waals surface area contributed by atoms with E-state index >= 15 is 0 Å². The number of fused-ring (bicyclic) bond motifs is 1. The van der Waals surface area contributed by atoms with Gasteiger partial charge in [0.05, 0.1) is 19.6 Å². The Hall–Kier alpha value is -2.79. The van der Waals surface area contributed by atoms with Gasteiger partial charge < -0.3 is 14.5 Å². The van der Waals surface area contributed by atoms with E-state index in [0.29, 0.717) is 6.54 Å². The van der Waals surface area contributed by atoms with E-state index in [0.717, 1.165) is 42.0 Å².